The average Bonchev–Trinajstić information content (AvgIpc) is 2.99. The third-order valence-electron chi connectivity index (χ3n) is 3.17. The van der Waals surface area contributed by atoms with Crippen molar-refractivity contribution in [3.05, 3.63) is 59.0 Å². The molecule has 4 nitrogen and oxygen atoms in total. The second-order valence-electron chi connectivity index (χ2n) is 4.24. The standard InChI is InChI=1S/C14H9N3O.2C2H6.H2/c18-14-16-10-6-2-1-5-9(10)13-15-11-7-3-4-8-12(11)17(13)14;2*1-2;/h1-8H,(H,16,18);2*1-2H3;1H. The van der Waals surface area contributed by atoms with Gasteiger partial charge in [-0.3, -0.25) is 0 Å². The average molecular weight is 297 g/mol. The van der Waals surface area contributed by atoms with Crippen LogP contribution in [0.4, 0.5) is 0 Å². The Morgan fingerprint density at radius 2 is 1.59 bits per heavy atom. The van der Waals surface area contributed by atoms with E-state index < -0.39 is 0 Å². The van der Waals surface area contributed by atoms with Crippen molar-refractivity contribution < 1.29 is 1.43 Å². The minimum absolute atomic E-state index is 0. The van der Waals surface area contributed by atoms with E-state index in [1.807, 2.05) is 76.2 Å². The number of rotatable bonds is 0. The van der Waals surface area contributed by atoms with Crippen molar-refractivity contribution in [2.75, 3.05) is 0 Å². The number of aromatic amines is 1. The number of benzene rings is 2. The summed E-state index contributed by atoms with van der Waals surface area (Å²) < 4.78 is 1.62. The fourth-order valence-electron chi connectivity index (χ4n) is 2.37. The van der Waals surface area contributed by atoms with Gasteiger partial charge in [0.2, 0.25) is 0 Å². The van der Waals surface area contributed by atoms with E-state index >= 15 is 0 Å². The topological polar surface area (TPSA) is 50.2 Å². The van der Waals surface area contributed by atoms with Gasteiger partial charge in [0, 0.05) is 6.81 Å². The Hall–Kier alpha value is -2.62. The summed E-state index contributed by atoms with van der Waals surface area (Å²) >= 11 is 0. The zero-order valence-corrected chi connectivity index (χ0v) is 13.4. The highest BCUT2D eigenvalue weighted by Gasteiger charge is 2.09. The number of hydrogen-bond acceptors (Lipinski definition) is 2. The molecule has 0 spiro atoms. The van der Waals surface area contributed by atoms with Crippen LogP contribution in [0.3, 0.4) is 0 Å². The van der Waals surface area contributed by atoms with Crippen molar-refractivity contribution in [2.24, 2.45) is 0 Å². The van der Waals surface area contributed by atoms with E-state index in [0.717, 1.165) is 21.9 Å². The number of H-pyrrole nitrogens is 1. The van der Waals surface area contributed by atoms with Gasteiger partial charge in [-0.15, -0.1) is 0 Å². The summed E-state index contributed by atoms with van der Waals surface area (Å²) in [6, 6.07) is 15.3. The van der Waals surface area contributed by atoms with Gasteiger partial charge in [-0.05, 0) is 24.3 Å². The Balaban J connectivity index is 0.000000494. The molecule has 0 bridgehead atoms. The molecule has 0 aliphatic heterocycles. The van der Waals surface area contributed by atoms with Crippen LogP contribution in [-0.4, -0.2) is 14.4 Å². The van der Waals surface area contributed by atoms with E-state index in [-0.39, 0.29) is 7.12 Å². The molecule has 22 heavy (non-hydrogen) atoms. The summed E-state index contributed by atoms with van der Waals surface area (Å²) in [5.74, 6) is 0. The predicted octanol–water partition coefficient (Wildman–Crippen LogP) is 4.63. The molecule has 4 aromatic rings. The van der Waals surface area contributed by atoms with Gasteiger partial charge in [0.1, 0.15) is 0 Å². The Labute approximate surface area is 130 Å². The minimum Gasteiger partial charge on any atom is -0.306 e. The Kier molecular flexibility index (Phi) is 4.94. The molecule has 2 aromatic heterocycles. The quantitative estimate of drug-likeness (QED) is 0.514. The normalized spacial score (nSPS) is 10.0. The maximum absolute atomic E-state index is 12.1. The van der Waals surface area contributed by atoms with Gasteiger partial charge in [-0.2, -0.15) is 0 Å². The van der Waals surface area contributed by atoms with E-state index in [2.05, 4.69) is 9.97 Å². The molecule has 0 radical (unpaired) electrons. The minimum atomic E-state index is -0.155. The molecule has 0 unspecified atom stereocenters. The summed E-state index contributed by atoms with van der Waals surface area (Å²) in [5, 5.41) is 0.952. The highest BCUT2D eigenvalue weighted by molar-refractivity contribution is 5.95. The molecule has 0 atom stereocenters. The monoisotopic (exact) mass is 297 g/mol. The van der Waals surface area contributed by atoms with Gasteiger partial charge in [0.15, 0.2) is 5.65 Å². The summed E-state index contributed by atoms with van der Waals surface area (Å²) in [5.41, 5.74) is 3.03. The lowest BCUT2D eigenvalue weighted by molar-refractivity contribution is 1.06. The highest BCUT2D eigenvalue weighted by Crippen LogP contribution is 2.20. The van der Waals surface area contributed by atoms with Gasteiger partial charge < -0.3 is 4.98 Å². The second-order valence-corrected chi connectivity index (χ2v) is 4.24. The molecule has 4 heteroatoms. The van der Waals surface area contributed by atoms with Gasteiger partial charge in [0.05, 0.1) is 16.6 Å². The van der Waals surface area contributed by atoms with E-state index in [0.29, 0.717) is 5.65 Å². The largest absolute Gasteiger partial charge is 0.332 e. The van der Waals surface area contributed by atoms with Crippen molar-refractivity contribution in [1.82, 2.24) is 14.4 Å². The van der Waals surface area contributed by atoms with Crippen molar-refractivity contribution in [3.8, 4) is 0 Å². The highest BCUT2D eigenvalue weighted by atomic mass is 16.1. The number of para-hydroxylation sites is 3. The first-order valence-corrected chi connectivity index (χ1v) is 7.73. The molecule has 0 fully saturated rings. The smallest absolute Gasteiger partial charge is 0.306 e. The molecule has 2 heterocycles. The van der Waals surface area contributed by atoms with Gasteiger partial charge in [-0.1, -0.05) is 52.0 Å². The van der Waals surface area contributed by atoms with Crippen LogP contribution >= 0.6 is 0 Å². The number of aromatic nitrogens is 3. The van der Waals surface area contributed by atoms with Crippen LogP contribution in [-0.2, 0) is 0 Å². The number of imidazole rings is 1. The van der Waals surface area contributed by atoms with Crippen LogP contribution in [0.2, 0.25) is 0 Å². The Morgan fingerprint density at radius 3 is 2.36 bits per heavy atom. The lowest BCUT2D eigenvalue weighted by Gasteiger charge is -1.99. The summed E-state index contributed by atoms with van der Waals surface area (Å²) in [6.07, 6.45) is 0. The van der Waals surface area contributed by atoms with Crippen LogP contribution in [0.15, 0.2) is 53.3 Å². The van der Waals surface area contributed by atoms with Crippen molar-refractivity contribution >= 4 is 27.6 Å². The van der Waals surface area contributed by atoms with E-state index in [9.17, 15) is 4.79 Å². The van der Waals surface area contributed by atoms with Crippen LogP contribution in [0.25, 0.3) is 27.6 Å². The van der Waals surface area contributed by atoms with E-state index in [1.165, 1.54) is 0 Å². The molecule has 4 rings (SSSR count). The van der Waals surface area contributed by atoms with Crippen molar-refractivity contribution in [2.45, 2.75) is 27.7 Å². The zero-order valence-electron chi connectivity index (χ0n) is 13.4. The molecule has 0 amide bonds. The molecule has 0 aliphatic carbocycles. The lowest BCUT2D eigenvalue weighted by atomic mass is 10.2. The molecule has 1 N–H and O–H groups in total. The third kappa shape index (κ3) is 2.48. The summed E-state index contributed by atoms with van der Waals surface area (Å²) in [4.78, 5) is 19.6. The van der Waals surface area contributed by atoms with Crippen molar-refractivity contribution in [3.63, 3.8) is 0 Å². The Bertz CT molecular complexity index is 957. The number of fused-ring (bicyclic) bond motifs is 5. The molecule has 116 valence electrons. The van der Waals surface area contributed by atoms with E-state index in [4.69, 9.17) is 0 Å². The molecule has 2 aromatic carbocycles. The molecule has 0 saturated carbocycles. The molecule has 0 aliphatic rings. The van der Waals surface area contributed by atoms with Crippen LogP contribution < -0.4 is 5.69 Å². The Morgan fingerprint density at radius 1 is 0.955 bits per heavy atom. The lowest BCUT2D eigenvalue weighted by Crippen LogP contribution is -2.15. The molecule has 0 saturated heterocycles. The predicted molar refractivity (Wildman–Crippen MR) is 95.6 cm³/mol. The zero-order chi connectivity index (χ0) is 16.1. The maximum atomic E-state index is 12.1. The van der Waals surface area contributed by atoms with Crippen LogP contribution in [0.1, 0.15) is 29.1 Å². The first-order valence-electron chi connectivity index (χ1n) is 7.73. The summed E-state index contributed by atoms with van der Waals surface area (Å²) in [7, 11) is 0. The first kappa shape index (κ1) is 15.8. The summed E-state index contributed by atoms with van der Waals surface area (Å²) in [6.45, 7) is 8.00. The fourth-order valence-corrected chi connectivity index (χ4v) is 2.37. The molecular weight excluding hydrogens is 274 g/mol. The number of hydrogen-bond donors (Lipinski definition) is 1. The van der Waals surface area contributed by atoms with Gasteiger partial charge in [-0.25, -0.2) is 14.2 Å². The first-order chi connectivity index (χ1) is 10.8. The number of nitrogens with zero attached hydrogens (tertiary/aromatic N) is 2. The third-order valence-corrected chi connectivity index (χ3v) is 3.17. The van der Waals surface area contributed by atoms with Crippen molar-refractivity contribution in [1.29, 1.82) is 0 Å². The van der Waals surface area contributed by atoms with E-state index in [1.54, 1.807) is 4.40 Å². The van der Waals surface area contributed by atoms with Gasteiger partial charge in [0.25, 0.3) is 0 Å². The van der Waals surface area contributed by atoms with Gasteiger partial charge >= 0.3 is 5.69 Å². The second kappa shape index (κ2) is 6.89. The SMILES string of the molecule is CC.CC.O=c1[nH]c2ccccc2c2nc3ccccc3n12.[HH]. The number of nitrogens with one attached hydrogen (secondary N) is 1. The van der Waals surface area contributed by atoms with Crippen LogP contribution in [0, 0.1) is 0 Å². The maximum Gasteiger partial charge on any atom is 0.332 e. The fraction of sp³-hybridized carbons (Fsp3) is 0.222. The van der Waals surface area contributed by atoms with Crippen LogP contribution in [0.5, 0.6) is 0 Å². The molecular formula is C18H23N3O.